The fourth-order valence-electron chi connectivity index (χ4n) is 11.6. The molecule has 10 rings (SSSR count). The van der Waals surface area contributed by atoms with Crippen LogP contribution in [0.15, 0.2) is 184 Å². The number of hydrogen-bond acceptors (Lipinski definition) is 3. The number of hydrogen-bond donors (Lipinski definition) is 0. The molecule has 7 unspecified atom stereocenters. The molecule has 0 fully saturated rings. The van der Waals surface area contributed by atoms with Gasteiger partial charge in [0.2, 0.25) is 0 Å². The van der Waals surface area contributed by atoms with Gasteiger partial charge in [0, 0.05) is 41.3 Å². The lowest BCUT2D eigenvalue weighted by molar-refractivity contribution is 0.378. The lowest BCUT2D eigenvalue weighted by Gasteiger charge is -2.44. The molecule has 0 amide bonds. The minimum absolute atomic E-state index is 0.0642. The highest BCUT2D eigenvalue weighted by atomic mass is 15.2. The summed E-state index contributed by atoms with van der Waals surface area (Å²) < 4.78 is 0. The highest BCUT2D eigenvalue weighted by molar-refractivity contribution is 5.92. The lowest BCUT2D eigenvalue weighted by atomic mass is 9.67. The first-order chi connectivity index (χ1) is 26.7. The van der Waals surface area contributed by atoms with Crippen molar-refractivity contribution in [2.24, 2.45) is 39.5 Å². The van der Waals surface area contributed by atoms with Crippen LogP contribution in [0.4, 0.5) is 5.69 Å². The summed E-state index contributed by atoms with van der Waals surface area (Å²) in [5.41, 5.74) is 13.1. The maximum absolute atomic E-state index is 5.64. The van der Waals surface area contributed by atoms with E-state index in [2.05, 4.69) is 184 Å². The molecular weight excluding hydrogens is 667 g/mol. The summed E-state index contributed by atoms with van der Waals surface area (Å²) >= 11 is 0. The van der Waals surface area contributed by atoms with E-state index in [-0.39, 0.29) is 28.8 Å². The number of para-hydroxylation sites is 1. The third-order valence-corrected chi connectivity index (χ3v) is 14.4. The molecule has 3 heteroatoms. The van der Waals surface area contributed by atoms with Crippen molar-refractivity contribution >= 4 is 11.5 Å². The van der Waals surface area contributed by atoms with Crippen LogP contribution in [0.2, 0.25) is 0 Å². The minimum Gasteiger partial charge on any atom is -0.357 e. The molecule has 0 aromatic heterocycles. The van der Waals surface area contributed by atoms with Gasteiger partial charge < -0.3 is 9.80 Å². The number of likely N-dealkylation sites (N-methyl/N-ethyl adjacent to an activating group) is 1. The fraction of sp³-hybridized carbons (Fsp3) is 0.365. The molecule has 278 valence electrons. The van der Waals surface area contributed by atoms with Crippen molar-refractivity contribution in [3.63, 3.8) is 0 Å². The van der Waals surface area contributed by atoms with Gasteiger partial charge in [0.25, 0.3) is 0 Å². The first-order valence-electron chi connectivity index (χ1n) is 20.9. The Morgan fingerprint density at radius 3 is 2.40 bits per heavy atom. The summed E-state index contributed by atoms with van der Waals surface area (Å²) in [6.07, 6.45) is 37.3. The maximum atomic E-state index is 5.64. The summed E-state index contributed by atoms with van der Waals surface area (Å²) in [5.74, 6) is 2.85. The van der Waals surface area contributed by atoms with Crippen molar-refractivity contribution in [2.75, 3.05) is 11.9 Å². The quantitative estimate of drug-likeness (QED) is 0.293. The fourth-order valence-corrected chi connectivity index (χ4v) is 11.6. The molecule has 8 aliphatic rings. The summed E-state index contributed by atoms with van der Waals surface area (Å²) in [5, 5.41) is 0. The van der Waals surface area contributed by atoms with Gasteiger partial charge in [-0.25, -0.2) is 4.99 Å². The van der Waals surface area contributed by atoms with Crippen molar-refractivity contribution in [2.45, 2.75) is 77.9 Å². The molecule has 2 aromatic carbocycles. The molecule has 0 bridgehead atoms. The van der Waals surface area contributed by atoms with Crippen LogP contribution in [-0.2, 0) is 0 Å². The Labute approximate surface area is 329 Å². The predicted molar refractivity (Wildman–Crippen MR) is 229 cm³/mol. The highest BCUT2D eigenvalue weighted by Gasteiger charge is 2.50. The first kappa shape index (κ1) is 34.6. The van der Waals surface area contributed by atoms with Gasteiger partial charge in [0.1, 0.15) is 5.84 Å². The van der Waals surface area contributed by atoms with Crippen molar-refractivity contribution in [3.05, 3.63) is 184 Å². The van der Waals surface area contributed by atoms with Crippen LogP contribution in [-0.4, -0.2) is 29.9 Å². The Morgan fingerprint density at radius 1 is 0.818 bits per heavy atom. The topological polar surface area (TPSA) is 18.8 Å². The highest BCUT2D eigenvalue weighted by Crippen LogP contribution is 2.60. The molecule has 2 aromatic rings. The molecule has 8 atom stereocenters. The van der Waals surface area contributed by atoms with Crippen molar-refractivity contribution < 1.29 is 0 Å². The van der Waals surface area contributed by atoms with Gasteiger partial charge in [-0.3, -0.25) is 0 Å². The summed E-state index contributed by atoms with van der Waals surface area (Å²) in [4.78, 5) is 10.8. The van der Waals surface area contributed by atoms with Gasteiger partial charge in [-0.1, -0.05) is 159 Å². The standard InChI is InChI=1S/C52H55N3/c1-34-23-25-47-42(29-34)40-32-45-41(38-21-13-14-22-44(38)51(45,2)3)31-39(40)43-30-36(24-26-48(43)55(47)37-19-11-7-12-20-37)46-33-49(35-17-9-6-10-18-35)54(5)50(53-46)52(4)27-15-8-16-28-52/h6-12,14-20,22-27,30,32-34,41-43,47-49H,13,21,28-29,31H2,1-5H3/t34?,41?,42-,43?,47?,48?,49?,52?/m1/s1. The van der Waals surface area contributed by atoms with E-state index in [1.807, 2.05) is 0 Å². The number of nitrogens with zero attached hydrogens (tertiary/aromatic N) is 3. The molecule has 0 N–H and O–H groups in total. The van der Waals surface area contributed by atoms with Crippen LogP contribution >= 0.6 is 0 Å². The number of aliphatic imine (C=N–C) groups is 1. The second kappa shape index (κ2) is 13.1. The molecule has 3 nitrogen and oxygen atoms in total. The molecule has 2 aliphatic heterocycles. The maximum Gasteiger partial charge on any atom is 0.115 e. The Balaban J connectivity index is 1.16. The number of anilines is 1. The van der Waals surface area contributed by atoms with E-state index in [0.717, 1.165) is 30.8 Å². The average Bonchev–Trinajstić information content (AvgIpc) is 3.36. The third-order valence-electron chi connectivity index (χ3n) is 14.4. The van der Waals surface area contributed by atoms with Crippen LogP contribution in [0.25, 0.3) is 0 Å². The number of amidine groups is 1. The number of fused-ring (bicyclic) bond motifs is 6. The Hall–Kier alpha value is -4.89. The predicted octanol–water partition coefficient (Wildman–Crippen LogP) is 12.0. The summed E-state index contributed by atoms with van der Waals surface area (Å²) in [6, 6.07) is 22.9. The SMILES string of the molecule is CC1C=CC2[C@H](C1)C1=C(CC3C(=C1)C(C)(C)C1=C3CCC=C1)C1C=C(C3=CC(c4ccccc4)N(C)C(C4(C)C=CC=CC4)=N3)C=CC1N2c1ccccc1. The molecule has 0 saturated heterocycles. The van der Waals surface area contributed by atoms with Crippen LogP contribution in [0, 0.1) is 34.5 Å². The van der Waals surface area contributed by atoms with Gasteiger partial charge in [-0.05, 0) is 85.4 Å². The van der Waals surface area contributed by atoms with Crippen LogP contribution < -0.4 is 4.90 Å². The second-order valence-corrected chi connectivity index (χ2v) is 18.1. The number of allylic oxidation sites excluding steroid dienone is 11. The lowest BCUT2D eigenvalue weighted by Crippen LogP contribution is -2.48. The molecule has 55 heavy (non-hydrogen) atoms. The Kier molecular flexibility index (Phi) is 8.25. The zero-order chi connectivity index (χ0) is 37.5. The van der Waals surface area contributed by atoms with Crippen molar-refractivity contribution in [1.82, 2.24) is 4.90 Å². The van der Waals surface area contributed by atoms with Crippen LogP contribution in [0.1, 0.15) is 71.4 Å². The third kappa shape index (κ3) is 5.55. The molecular formula is C52H55N3. The molecule has 0 saturated carbocycles. The zero-order valence-corrected chi connectivity index (χ0v) is 33.2. The smallest absolute Gasteiger partial charge is 0.115 e. The van der Waals surface area contributed by atoms with E-state index < -0.39 is 0 Å². The van der Waals surface area contributed by atoms with Crippen molar-refractivity contribution in [3.8, 4) is 0 Å². The largest absolute Gasteiger partial charge is 0.357 e. The zero-order valence-electron chi connectivity index (χ0n) is 33.2. The molecule has 6 aliphatic carbocycles. The van der Waals surface area contributed by atoms with Crippen molar-refractivity contribution in [1.29, 1.82) is 0 Å². The summed E-state index contributed by atoms with van der Waals surface area (Å²) in [6.45, 7) is 9.76. The average molecular weight is 722 g/mol. The van der Waals surface area contributed by atoms with E-state index in [9.17, 15) is 0 Å². The first-order valence-corrected chi connectivity index (χ1v) is 20.9. The molecule has 0 spiro atoms. The van der Waals surface area contributed by atoms with E-state index in [1.54, 1.807) is 27.9 Å². The van der Waals surface area contributed by atoms with Gasteiger partial charge >= 0.3 is 0 Å². The van der Waals surface area contributed by atoms with E-state index in [0.29, 0.717) is 23.8 Å². The summed E-state index contributed by atoms with van der Waals surface area (Å²) in [7, 11) is 2.23. The molecule has 0 radical (unpaired) electrons. The van der Waals surface area contributed by atoms with E-state index >= 15 is 0 Å². The van der Waals surface area contributed by atoms with Gasteiger partial charge in [0.05, 0.1) is 23.8 Å². The van der Waals surface area contributed by atoms with Gasteiger partial charge in [-0.2, -0.15) is 0 Å². The minimum atomic E-state index is -0.182. The number of benzene rings is 2. The van der Waals surface area contributed by atoms with Crippen LogP contribution in [0.5, 0.6) is 0 Å². The Morgan fingerprint density at radius 2 is 1.62 bits per heavy atom. The van der Waals surface area contributed by atoms with Gasteiger partial charge in [-0.15, -0.1) is 0 Å². The van der Waals surface area contributed by atoms with E-state index in [1.165, 1.54) is 29.7 Å². The Bertz CT molecular complexity index is 2250. The molecule has 2 heterocycles. The normalized spacial score (nSPS) is 34.2. The van der Waals surface area contributed by atoms with Crippen LogP contribution in [0.3, 0.4) is 0 Å². The van der Waals surface area contributed by atoms with Gasteiger partial charge in [0.15, 0.2) is 0 Å². The van der Waals surface area contributed by atoms with E-state index in [4.69, 9.17) is 4.99 Å². The second-order valence-electron chi connectivity index (χ2n) is 18.1. The monoisotopic (exact) mass is 721 g/mol. The number of rotatable bonds is 4.